The van der Waals surface area contributed by atoms with Gasteiger partial charge in [-0.1, -0.05) is 23.7 Å². The number of ketones is 1. The average molecular weight is 489 g/mol. The number of benzene rings is 3. The lowest BCUT2D eigenvalue weighted by Gasteiger charge is -2.19. The quantitative estimate of drug-likeness (QED) is 0.294. The number of aromatic carboxylic acids is 1. The number of hydrogen-bond acceptors (Lipinski definition) is 6. The number of aromatic nitrogens is 1. The molecule has 4 aromatic rings. The summed E-state index contributed by atoms with van der Waals surface area (Å²) in [5, 5.41) is 10.2. The highest BCUT2D eigenvalue weighted by Gasteiger charge is 2.17. The Labute approximate surface area is 207 Å². The van der Waals surface area contributed by atoms with Crippen LogP contribution in [0.4, 0.5) is 11.4 Å². The second-order valence-corrected chi connectivity index (χ2v) is 8.01. The second-order valence-electron chi connectivity index (χ2n) is 7.57. The molecule has 4 rings (SSSR count). The summed E-state index contributed by atoms with van der Waals surface area (Å²) >= 11 is 5.96. The van der Waals surface area contributed by atoms with Gasteiger partial charge in [-0.2, -0.15) is 0 Å². The number of rotatable bonds is 8. The second kappa shape index (κ2) is 10.3. The van der Waals surface area contributed by atoms with E-state index in [0.717, 1.165) is 11.4 Å². The lowest BCUT2D eigenvalue weighted by molar-refractivity contribution is 0.0696. The largest absolute Gasteiger partial charge is 0.493 e. The van der Waals surface area contributed by atoms with E-state index >= 15 is 0 Å². The van der Waals surface area contributed by atoms with Crippen LogP contribution in [0.2, 0.25) is 5.02 Å². The summed E-state index contributed by atoms with van der Waals surface area (Å²) < 4.78 is 11.1. The van der Waals surface area contributed by atoms with E-state index in [0.29, 0.717) is 16.5 Å². The molecule has 0 unspecified atom stereocenters. The number of anilines is 2. The van der Waals surface area contributed by atoms with Gasteiger partial charge in [0.1, 0.15) is 11.4 Å². The molecular weight excluding hydrogens is 468 g/mol. The molecule has 7 nitrogen and oxygen atoms in total. The highest BCUT2D eigenvalue weighted by molar-refractivity contribution is 6.30. The number of pyridine rings is 1. The Bertz CT molecular complexity index is 1370. The number of carboxylic acid groups (broad SMARTS) is 1. The molecule has 0 amide bonds. The summed E-state index contributed by atoms with van der Waals surface area (Å²) in [6.07, 6.45) is 1.58. The van der Waals surface area contributed by atoms with Crippen LogP contribution in [0.15, 0.2) is 85.1 Å². The summed E-state index contributed by atoms with van der Waals surface area (Å²) in [5.41, 5.74) is 1.90. The van der Waals surface area contributed by atoms with Gasteiger partial charge in [0.25, 0.3) is 0 Å². The highest BCUT2D eigenvalue weighted by Crippen LogP contribution is 2.32. The summed E-state index contributed by atoms with van der Waals surface area (Å²) in [7, 11) is 3.38. The number of hydrogen-bond donors (Lipinski definition) is 1. The Morgan fingerprint density at radius 1 is 0.886 bits per heavy atom. The van der Waals surface area contributed by atoms with E-state index in [1.807, 2.05) is 24.1 Å². The zero-order valence-corrected chi connectivity index (χ0v) is 19.7. The monoisotopic (exact) mass is 488 g/mol. The van der Waals surface area contributed by atoms with Gasteiger partial charge in [-0.05, 0) is 66.7 Å². The van der Waals surface area contributed by atoms with Crippen LogP contribution < -0.4 is 14.4 Å². The first-order chi connectivity index (χ1) is 16.9. The molecule has 1 heterocycles. The fourth-order valence-corrected chi connectivity index (χ4v) is 3.55. The number of carbonyl (C=O) groups excluding carboxylic acids is 1. The van der Waals surface area contributed by atoms with Crippen molar-refractivity contribution in [2.45, 2.75) is 0 Å². The smallest absolute Gasteiger partial charge is 0.335 e. The summed E-state index contributed by atoms with van der Waals surface area (Å²) in [6, 6.07) is 21.8. The summed E-state index contributed by atoms with van der Waals surface area (Å²) in [4.78, 5) is 31.1. The van der Waals surface area contributed by atoms with Crippen molar-refractivity contribution < 1.29 is 24.2 Å². The van der Waals surface area contributed by atoms with Gasteiger partial charge in [0.2, 0.25) is 5.78 Å². The minimum atomic E-state index is -1.18. The zero-order chi connectivity index (χ0) is 24.9. The molecule has 8 heteroatoms. The molecule has 0 bridgehead atoms. The molecule has 0 radical (unpaired) electrons. The fraction of sp³-hybridized carbons (Fsp3) is 0.0741. The molecule has 0 aliphatic heterocycles. The number of nitrogens with zero attached hydrogens (tertiary/aromatic N) is 2. The predicted octanol–water partition coefficient (Wildman–Crippen LogP) is 6.23. The molecule has 0 fully saturated rings. The molecule has 176 valence electrons. The van der Waals surface area contributed by atoms with E-state index in [4.69, 9.17) is 21.1 Å². The van der Waals surface area contributed by atoms with Crippen molar-refractivity contribution in [3.05, 3.63) is 107 Å². The first-order valence-electron chi connectivity index (χ1n) is 10.5. The van der Waals surface area contributed by atoms with E-state index in [9.17, 15) is 14.7 Å². The zero-order valence-electron chi connectivity index (χ0n) is 18.9. The molecule has 0 saturated heterocycles. The summed E-state index contributed by atoms with van der Waals surface area (Å²) in [6.45, 7) is 0. The van der Waals surface area contributed by atoms with E-state index < -0.39 is 11.8 Å². The van der Waals surface area contributed by atoms with E-state index in [1.54, 1.807) is 54.7 Å². The Hall–Kier alpha value is -4.36. The molecule has 1 N–H and O–H groups in total. The van der Waals surface area contributed by atoms with Gasteiger partial charge in [0, 0.05) is 23.3 Å². The normalized spacial score (nSPS) is 10.5. The number of ether oxygens (including phenoxy) is 2. The number of carbonyl (C=O) groups is 2. The van der Waals surface area contributed by atoms with Crippen LogP contribution in [0.1, 0.15) is 26.4 Å². The minimum Gasteiger partial charge on any atom is -0.493 e. The third-order valence-corrected chi connectivity index (χ3v) is 5.55. The van der Waals surface area contributed by atoms with Crippen molar-refractivity contribution in [1.82, 2.24) is 4.98 Å². The minimum absolute atomic E-state index is 0.0835. The van der Waals surface area contributed by atoms with E-state index in [1.165, 1.54) is 25.3 Å². The maximum absolute atomic E-state index is 13.2. The third kappa shape index (κ3) is 5.42. The van der Waals surface area contributed by atoms with Crippen LogP contribution in [0.25, 0.3) is 0 Å². The molecule has 0 aliphatic carbocycles. The number of carboxylic acids is 1. The van der Waals surface area contributed by atoms with Gasteiger partial charge in [-0.3, -0.25) is 9.78 Å². The van der Waals surface area contributed by atoms with Crippen molar-refractivity contribution in [2.75, 3.05) is 19.1 Å². The SMILES string of the molecule is COc1ccccc1Oc1cc(C(=O)O)cc(C(=O)c2ccc(N(C)c3ccc(Cl)cc3)cn2)c1. The van der Waals surface area contributed by atoms with Crippen LogP contribution in [-0.2, 0) is 0 Å². The van der Waals surface area contributed by atoms with Gasteiger partial charge >= 0.3 is 5.97 Å². The Kier molecular flexibility index (Phi) is 6.98. The Morgan fingerprint density at radius 3 is 2.17 bits per heavy atom. The third-order valence-electron chi connectivity index (χ3n) is 5.29. The van der Waals surface area contributed by atoms with Gasteiger partial charge in [0.05, 0.1) is 24.6 Å². The summed E-state index contributed by atoms with van der Waals surface area (Å²) in [5.74, 6) is -0.556. The number of halogens is 1. The van der Waals surface area contributed by atoms with Crippen LogP contribution in [0.3, 0.4) is 0 Å². The van der Waals surface area contributed by atoms with Crippen molar-refractivity contribution in [3.8, 4) is 17.2 Å². The molecule has 0 spiro atoms. The number of methoxy groups -OCH3 is 1. The van der Waals surface area contributed by atoms with Crippen molar-refractivity contribution >= 4 is 34.7 Å². The van der Waals surface area contributed by atoms with Crippen molar-refractivity contribution in [2.24, 2.45) is 0 Å². The van der Waals surface area contributed by atoms with E-state index in [-0.39, 0.29) is 22.6 Å². The molecular formula is C27H21ClN2O5. The molecule has 0 saturated carbocycles. The molecule has 3 aromatic carbocycles. The van der Waals surface area contributed by atoms with Gasteiger partial charge in [-0.25, -0.2) is 4.79 Å². The predicted molar refractivity (Wildman–Crippen MR) is 134 cm³/mol. The fourth-order valence-electron chi connectivity index (χ4n) is 3.42. The molecule has 0 aliphatic rings. The van der Waals surface area contributed by atoms with Crippen LogP contribution in [-0.4, -0.2) is 36.0 Å². The lowest BCUT2D eigenvalue weighted by atomic mass is 10.0. The Morgan fingerprint density at radius 2 is 1.54 bits per heavy atom. The van der Waals surface area contributed by atoms with Crippen LogP contribution in [0.5, 0.6) is 17.2 Å². The standard InChI is InChI=1S/C27H21ClN2O5/c1-30(20-9-7-19(28)8-10-20)21-11-12-23(29-16-21)26(31)17-13-18(27(32)33)15-22(14-17)35-25-6-4-3-5-24(25)34-2/h3-16H,1-2H3,(H,32,33). The van der Waals surface area contributed by atoms with Crippen molar-refractivity contribution in [1.29, 1.82) is 0 Å². The Balaban J connectivity index is 1.62. The van der Waals surface area contributed by atoms with Gasteiger partial charge < -0.3 is 19.5 Å². The van der Waals surface area contributed by atoms with E-state index in [2.05, 4.69) is 4.98 Å². The van der Waals surface area contributed by atoms with Gasteiger partial charge in [0.15, 0.2) is 11.5 Å². The maximum Gasteiger partial charge on any atom is 0.335 e. The molecule has 1 aromatic heterocycles. The first kappa shape index (κ1) is 23.8. The van der Waals surface area contributed by atoms with Crippen LogP contribution >= 0.6 is 11.6 Å². The highest BCUT2D eigenvalue weighted by atomic mass is 35.5. The lowest BCUT2D eigenvalue weighted by Crippen LogP contribution is -2.11. The molecule has 0 atom stereocenters. The maximum atomic E-state index is 13.2. The first-order valence-corrected chi connectivity index (χ1v) is 10.9. The van der Waals surface area contributed by atoms with Crippen LogP contribution in [0, 0.1) is 0 Å². The van der Waals surface area contributed by atoms with Crippen molar-refractivity contribution in [3.63, 3.8) is 0 Å². The van der Waals surface area contributed by atoms with Gasteiger partial charge in [-0.15, -0.1) is 0 Å². The topological polar surface area (TPSA) is 89.0 Å². The number of para-hydroxylation sites is 2. The average Bonchev–Trinajstić information content (AvgIpc) is 2.88. The molecule has 35 heavy (non-hydrogen) atoms.